The lowest BCUT2D eigenvalue weighted by molar-refractivity contribution is -0.144. The molecule has 0 saturated heterocycles. The van der Waals surface area contributed by atoms with Crippen LogP contribution in [0.3, 0.4) is 0 Å². The Kier molecular flexibility index (Phi) is 5.04. The van der Waals surface area contributed by atoms with Gasteiger partial charge in [-0.3, -0.25) is 4.79 Å². The molecule has 0 saturated carbocycles. The van der Waals surface area contributed by atoms with Crippen LogP contribution < -0.4 is 0 Å². The largest absolute Gasteiger partial charge is 0.469 e. The zero-order chi connectivity index (χ0) is 14.6. The van der Waals surface area contributed by atoms with E-state index in [0.29, 0.717) is 5.56 Å². The summed E-state index contributed by atoms with van der Waals surface area (Å²) in [5.41, 5.74) is 0.323. The summed E-state index contributed by atoms with van der Waals surface area (Å²) in [7, 11) is -2.12. The average molecular weight is 288 g/mol. The van der Waals surface area contributed by atoms with Crippen LogP contribution in [0.1, 0.15) is 18.1 Å². The minimum Gasteiger partial charge on any atom is -0.469 e. The minimum absolute atomic E-state index is 0.117. The smallest absolute Gasteiger partial charge is 0.308 e. The fourth-order valence-electron chi connectivity index (χ4n) is 1.50. The zero-order valence-corrected chi connectivity index (χ0v) is 11.4. The fraction of sp³-hybridized carbons (Fsp3) is 0.417. The van der Waals surface area contributed by atoms with Crippen molar-refractivity contribution in [2.45, 2.75) is 23.5 Å². The Balaban J connectivity index is 2.83. The van der Waals surface area contributed by atoms with E-state index < -0.39 is 28.0 Å². The molecule has 2 unspecified atom stereocenters. The maximum Gasteiger partial charge on any atom is 0.308 e. The Hall–Kier alpha value is -1.44. The highest BCUT2D eigenvalue weighted by molar-refractivity contribution is 7.90. The Morgan fingerprint density at radius 1 is 1.26 bits per heavy atom. The van der Waals surface area contributed by atoms with Gasteiger partial charge in [-0.1, -0.05) is 12.1 Å². The molecule has 1 rings (SSSR count). The highest BCUT2D eigenvalue weighted by Gasteiger charge is 2.22. The van der Waals surface area contributed by atoms with Gasteiger partial charge in [-0.25, -0.2) is 8.42 Å². The predicted molar refractivity (Wildman–Crippen MR) is 67.2 cm³/mol. The molecule has 106 valence electrons. The quantitative estimate of drug-likeness (QED) is 0.742. The molecule has 6 nitrogen and oxygen atoms in total. The first-order valence-corrected chi connectivity index (χ1v) is 7.38. The number of carbonyl (C=O) groups is 1. The first-order valence-electron chi connectivity index (χ1n) is 5.48. The lowest BCUT2D eigenvalue weighted by atomic mass is 10.0. The third kappa shape index (κ3) is 4.30. The van der Waals surface area contributed by atoms with Gasteiger partial charge in [0.05, 0.1) is 24.5 Å². The summed E-state index contributed by atoms with van der Waals surface area (Å²) >= 11 is 0. The van der Waals surface area contributed by atoms with E-state index in [1.165, 1.54) is 31.4 Å². The van der Waals surface area contributed by atoms with E-state index in [0.717, 1.165) is 6.26 Å². The third-order valence-electron chi connectivity index (χ3n) is 2.62. The molecule has 0 aliphatic heterocycles. The van der Waals surface area contributed by atoms with Crippen molar-refractivity contribution in [1.82, 2.24) is 0 Å². The second-order valence-corrected chi connectivity index (χ2v) is 6.15. The second-order valence-electron chi connectivity index (χ2n) is 4.13. The van der Waals surface area contributed by atoms with Crippen molar-refractivity contribution in [1.29, 1.82) is 0 Å². The number of benzene rings is 1. The van der Waals surface area contributed by atoms with E-state index in [-0.39, 0.29) is 11.3 Å². The topological polar surface area (TPSA) is 101 Å². The van der Waals surface area contributed by atoms with Crippen LogP contribution in [-0.4, -0.2) is 44.1 Å². The molecular weight excluding hydrogens is 272 g/mol. The Bertz CT molecular complexity index is 534. The molecule has 0 aliphatic carbocycles. The summed E-state index contributed by atoms with van der Waals surface area (Å²) < 4.78 is 26.9. The number of hydrogen-bond acceptors (Lipinski definition) is 6. The molecule has 1 aromatic rings. The van der Waals surface area contributed by atoms with Crippen LogP contribution in [-0.2, 0) is 19.4 Å². The van der Waals surface area contributed by atoms with E-state index in [2.05, 4.69) is 4.74 Å². The third-order valence-corrected chi connectivity index (χ3v) is 3.75. The normalized spacial score (nSPS) is 14.7. The summed E-state index contributed by atoms with van der Waals surface area (Å²) in [6.45, 7) is 0. The second kappa shape index (κ2) is 6.14. The number of hydrogen-bond donors (Lipinski definition) is 2. The number of sulfone groups is 1. The molecule has 0 amide bonds. The molecule has 0 bridgehead atoms. The number of esters is 1. The standard InChI is InChI=1S/C12H16O6S/c1-18-11(14)7-10(13)12(15)8-3-5-9(6-4-8)19(2,16)17/h3-6,10,12-13,15H,7H2,1-2H3. The number of methoxy groups -OCH3 is 1. The van der Waals surface area contributed by atoms with Gasteiger partial charge in [-0.2, -0.15) is 0 Å². The average Bonchev–Trinajstić information content (AvgIpc) is 2.36. The maximum atomic E-state index is 11.3. The first-order chi connectivity index (χ1) is 8.75. The van der Waals surface area contributed by atoms with Gasteiger partial charge in [0.1, 0.15) is 6.10 Å². The molecule has 0 radical (unpaired) electrons. The van der Waals surface area contributed by atoms with Crippen molar-refractivity contribution >= 4 is 15.8 Å². The predicted octanol–water partition coefficient (Wildman–Crippen LogP) is 0.0475. The number of aliphatic hydroxyl groups is 2. The molecule has 0 spiro atoms. The molecule has 0 aliphatic rings. The molecule has 19 heavy (non-hydrogen) atoms. The van der Waals surface area contributed by atoms with Gasteiger partial charge < -0.3 is 14.9 Å². The number of carbonyl (C=O) groups excluding carboxylic acids is 1. The van der Waals surface area contributed by atoms with Crippen molar-refractivity contribution in [3.05, 3.63) is 29.8 Å². The number of ether oxygens (including phenoxy) is 1. The molecule has 0 fully saturated rings. The number of rotatable bonds is 5. The van der Waals surface area contributed by atoms with Crippen molar-refractivity contribution in [3.63, 3.8) is 0 Å². The van der Waals surface area contributed by atoms with Gasteiger partial charge in [0.25, 0.3) is 0 Å². The van der Waals surface area contributed by atoms with E-state index in [4.69, 9.17) is 0 Å². The first kappa shape index (κ1) is 15.6. The molecule has 0 aromatic heterocycles. The van der Waals surface area contributed by atoms with Crippen LogP contribution in [0, 0.1) is 0 Å². The lowest BCUT2D eigenvalue weighted by Crippen LogP contribution is -2.22. The maximum absolute atomic E-state index is 11.3. The van der Waals surface area contributed by atoms with E-state index >= 15 is 0 Å². The van der Waals surface area contributed by atoms with Gasteiger partial charge in [-0.05, 0) is 17.7 Å². The van der Waals surface area contributed by atoms with E-state index in [1.807, 2.05) is 0 Å². The molecule has 1 aromatic carbocycles. The SMILES string of the molecule is COC(=O)CC(O)C(O)c1ccc(S(C)(=O)=O)cc1. The summed E-state index contributed by atoms with van der Waals surface area (Å²) in [6, 6.07) is 5.45. The number of aliphatic hydroxyl groups excluding tert-OH is 2. The van der Waals surface area contributed by atoms with Crippen LogP contribution in [0.25, 0.3) is 0 Å². The van der Waals surface area contributed by atoms with Gasteiger partial charge in [0, 0.05) is 6.26 Å². The Morgan fingerprint density at radius 3 is 2.21 bits per heavy atom. The van der Waals surface area contributed by atoms with Crippen LogP contribution in [0.4, 0.5) is 0 Å². The van der Waals surface area contributed by atoms with Crippen LogP contribution in [0.5, 0.6) is 0 Å². The monoisotopic (exact) mass is 288 g/mol. The van der Waals surface area contributed by atoms with Gasteiger partial charge >= 0.3 is 5.97 Å². The summed E-state index contributed by atoms with van der Waals surface area (Å²) in [4.78, 5) is 11.1. The minimum atomic E-state index is -3.31. The van der Waals surface area contributed by atoms with Gasteiger partial charge in [0.2, 0.25) is 0 Å². The van der Waals surface area contributed by atoms with Crippen LogP contribution in [0.2, 0.25) is 0 Å². The fourth-order valence-corrected chi connectivity index (χ4v) is 2.13. The molecule has 2 atom stereocenters. The molecule has 7 heteroatoms. The summed E-state index contributed by atoms with van der Waals surface area (Å²) in [6.07, 6.45) is -1.86. The van der Waals surface area contributed by atoms with Crippen molar-refractivity contribution in [2.24, 2.45) is 0 Å². The van der Waals surface area contributed by atoms with Gasteiger partial charge in [-0.15, -0.1) is 0 Å². The Morgan fingerprint density at radius 2 is 1.79 bits per heavy atom. The van der Waals surface area contributed by atoms with Crippen LogP contribution in [0.15, 0.2) is 29.2 Å². The molecular formula is C12H16O6S. The highest BCUT2D eigenvalue weighted by atomic mass is 32.2. The highest BCUT2D eigenvalue weighted by Crippen LogP contribution is 2.21. The molecule has 2 N–H and O–H groups in total. The summed E-state index contributed by atoms with van der Waals surface area (Å²) in [5, 5.41) is 19.5. The summed E-state index contributed by atoms with van der Waals surface area (Å²) in [5.74, 6) is -0.640. The Labute approximate surface area is 111 Å². The zero-order valence-electron chi connectivity index (χ0n) is 10.6. The van der Waals surface area contributed by atoms with Crippen molar-refractivity contribution in [3.8, 4) is 0 Å². The van der Waals surface area contributed by atoms with Gasteiger partial charge in [0.15, 0.2) is 9.84 Å². The lowest BCUT2D eigenvalue weighted by Gasteiger charge is -2.17. The van der Waals surface area contributed by atoms with Crippen molar-refractivity contribution < 1.29 is 28.2 Å². The van der Waals surface area contributed by atoms with E-state index in [9.17, 15) is 23.4 Å². The van der Waals surface area contributed by atoms with E-state index in [1.54, 1.807) is 0 Å². The van der Waals surface area contributed by atoms with Crippen molar-refractivity contribution in [2.75, 3.05) is 13.4 Å². The van der Waals surface area contributed by atoms with Crippen LogP contribution >= 0.6 is 0 Å². The molecule has 0 heterocycles.